The quantitative estimate of drug-likeness (QED) is 0.630. The number of ketones is 1. The van der Waals surface area contributed by atoms with Gasteiger partial charge in [0, 0.05) is 17.7 Å². The topological polar surface area (TPSA) is 71.9 Å². The lowest BCUT2D eigenvalue weighted by Crippen LogP contribution is -2.37. The molecular weight excluding hydrogens is 340 g/mol. The smallest absolute Gasteiger partial charge is 0.290 e. The molecule has 5 heteroatoms. The standard InChI is InChI=1S/C22H26N2O3/c1-4-18-19(20(25)17-12-14(2)11-15(3)13-17)24(22(27)23-21(18)26)10-9-16-7-5-6-8-16/h5,7,11-13,16H,4,6,8-10H2,1-3H3,(H,23,26,27). The summed E-state index contributed by atoms with van der Waals surface area (Å²) in [5, 5.41) is 0. The van der Waals surface area contributed by atoms with Crippen LogP contribution in [-0.4, -0.2) is 15.3 Å². The van der Waals surface area contributed by atoms with Gasteiger partial charge in [0.05, 0.1) is 0 Å². The summed E-state index contributed by atoms with van der Waals surface area (Å²) in [5.41, 5.74) is 2.11. The van der Waals surface area contributed by atoms with Crippen molar-refractivity contribution < 1.29 is 4.79 Å². The number of carbonyl (C=O) groups excluding carboxylic acids is 1. The highest BCUT2D eigenvalue weighted by atomic mass is 16.2. The molecule has 0 spiro atoms. The monoisotopic (exact) mass is 366 g/mol. The lowest BCUT2D eigenvalue weighted by atomic mass is 9.98. The second-order valence-electron chi connectivity index (χ2n) is 7.35. The molecule has 2 aromatic rings. The van der Waals surface area contributed by atoms with Gasteiger partial charge in [0.25, 0.3) is 5.56 Å². The number of allylic oxidation sites excluding steroid dienone is 2. The predicted molar refractivity (Wildman–Crippen MR) is 107 cm³/mol. The maximum Gasteiger partial charge on any atom is 0.328 e. The summed E-state index contributed by atoms with van der Waals surface area (Å²) < 4.78 is 1.46. The Bertz CT molecular complexity index is 991. The van der Waals surface area contributed by atoms with Crippen molar-refractivity contribution in [3.05, 3.63) is 79.1 Å². The maximum atomic E-state index is 13.3. The largest absolute Gasteiger partial charge is 0.328 e. The summed E-state index contributed by atoms with van der Waals surface area (Å²) in [5.74, 6) is 0.155. The van der Waals surface area contributed by atoms with E-state index in [4.69, 9.17) is 0 Å². The van der Waals surface area contributed by atoms with Crippen molar-refractivity contribution in [1.82, 2.24) is 9.55 Å². The number of benzene rings is 1. The first-order chi connectivity index (χ1) is 12.9. The van der Waals surface area contributed by atoms with Crippen molar-refractivity contribution in [2.75, 3.05) is 0 Å². The second-order valence-corrected chi connectivity index (χ2v) is 7.35. The van der Waals surface area contributed by atoms with Gasteiger partial charge in [0.1, 0.15) is 5.69 Å². The summed E-state index contributed by atoms with van der Waals surface area (Å²) in [4.78, 5) is 40.6. The first kappa shape index (κ1) is 19.1. The van der Waals surface area contributed by atoms with E-state index >= 15 is 0 Å². The van der Waals surface area contributed by atoms with Crippen LogP contribution in [-0.2, 0) is 13.0 Å². The molecule has 1 heterocycles. The number of aromatic amines is 1. The number of hydrogen-bond donors (Lipinski definition) is 1. The van der Waals surface area contributed by atoms with Crippen LogP contribution in [0, 0.1) is 19.8 Å². The second kappa shape index (κ2) is 7.91. The Balaban J connectivity index is 2.10. The van der Waals surface area contributed by atoms with Crippen LogP contribution in [0.3, 0.4) is 0 Å². The molecule has 1 aliphatic rings. The molecule has 1 N–H and O–H groups in total. The number of nitrogens with one attached hydrogen (secondary N) is 1. The molecule has 142 valence electrons. The summed E-state index contributed by atoms with van der Waals surface area (Å²) in [7, 11) is 0. The number of rotatable bonds is 6. The van der Waals surface area contributed by atoms with Gasteiger partial charge in [0.15, 0.2) is 0 Å². The van der Waals surface area contributed by atoms with Crippen molar-refractivity contribution in [3.63, 3.8) is 0 Å². The number of carbonyl (C=O) groups is 1. The molecule has 1 atom stereocenters. The van der Waals surface area contributed by atoms with E-state index in [0.29, 0.717) is 30.0 Å². The molecule has 0 bridgehead atoms. The summed E-state index contributed by atoms with van der Waals surface area (Å²) in [6.07, 6.45) is 7.62. The molecule has 0 saturated carbocycles. The highest BCUT2D eigenvalue weighted by molar-refractivity contribution is 6.09. The molecule has 0 amide bonds. The van der Waals surface area contributed by atoms with Crippen molar-refractivity contribution in [2.24, 2.45) is 5.92 Å². The lowest BCUT2D eigenvalue weighted by molar-refractivity contribution is 0.102. The molecule has 1 aliphatic carbocycles. The van der Waals surface area contributed by atoms with Gasteiger partial charge >= 0.3 is 5.69 Å². The van der Waals surface area contributed by atoms with Crippen LogP contribution in [0.25, 0.3) is 0 Å². The van der Waals surface area contributed by atoms with Crippen LogP contribution in [0.4, 0.5) is 0 Å². The Kier molecular flexibility index (Phi) is 5.59. The first-order valence-corrected chi connectivity index (χ1v) is 9.56. The van der Waals surface area contributed by atoms with Gasteiger partial charge in [-0.15, -0.1) is 0 Å². The van der Waals surface area contributed by atoms with Gasteiger partial charge in [-0.3, -0.25) is 19.1 Å². The van der Waals surface area contributed by atoms with Gasteiger partial charge in [-0.05, 0) is 57.6 Å². The number of H-pyrrole nitrogens is 1. The Morgan fingerprint density at radius 1 is 1.19 bits per heavy atom. The fourth-order valence-electron chi connectivity index (χ4n) is 3.89. The molecule has 0 aliphatic heterocycles. The number of nitrogens with zero attached hydrogens (tertiary/aromatic N) is 1. The number of aromatic nitrogens is 2. The van der Waals surface area contributed by atoms with Gasteiger partial charge < -0.3 is 0 Å². The molecule has 0 saturated heterocycles. The van der Waals surface area contributed by atoms with Crippen LogP contribution in [0.2, 0.25) is 0 Å². The fourth-order valence-corrected chi connectivity index (χ4v) is 3.89. The van der Waals surface area contributed by atoms with E-state index in [1.54, 1.807) is 0 Å². The van der Waals surface area contributed by atoms with Crippen LogP contribution in [0.15, 0.2) is 39.9 Å². The Morgan fingerprint density at radius 2 is 1.89 bits per heavy atom. The molecule has 1 aromatic carbocycles. The van der Waals surface area contributed by atoms with Crippen LogP contribution >= 0.6 is 0 Å². The van der Waals surface area contributed by atoms with Gasteiger partial charge in [-0.1, -0.05) is 36.3 Å². The Labute approximate surface area is 158 Å². The zero-order valence-corrected chi connectivity index (χ0v) is 16.2. The molecule has 0 fully saturated rings. The van der Waals surface area contributed by atoms with E-state index in [9.17, 15) is 14.4 Å². The predicted octanol–water partition coefficient (Wildman–Crippen LogP) is 3.30. The van der Waals surface area contributed by atoms with Gasteiger partial charge in [0.2, 0.25) is 5.78 Å². The third-order valence-electron chi connectivity index (χ3n) is 5.18. The SMILES string of the molecule is CCc1c(C(=O)c2cc(C)cc(C)c2)n(CCC2C=CCC2)c(=O)[nH]c1=O. The molecule has 1 unspecified atom stereocenters. The van der Waals surface area contributed by atoms with Gasteiger partial charge in [-0.2, -0.15) is 0 Å². The lowest BCUT2D eigenvalue weighted by Gasteiger charge is -2.16. The van der Waals surface area contributed by atoms with Crippen LogP contribution < -0.4 is 11.2 Å². The molecule has 1 aromatic heterocycles. The minimum Gasteiger partial charge on any atom is -0.290 e. The Hall–Kier alpha value is -2.69. The molecule has 5 nitrogen and oxygen atoms in total. The van der Waals surface area contributed by atoms with Crippen molar-refractivity contribution >= 4 is 5.78 Å². The minimum absolute atomic E-state index is 0.234. The van der Waals surface area contributed by atoms with E-state index in [1.807, 2.05) is 39.0 Å². The van der Waals surface area contributed by atoms with E-state index < -0.39 is 11.2 Å². The average molecular weight is 366 g/mol. The van der Waals surface area contributed by atoms with Crippen molar-refractivity contribution in [2.45, 2.75) is 53.0 Å². The van der Waals surface area contributed by atoms with E-state index in [2.05, 4.69) is 17.1 Å². The highest BCUT2D eigenvalue weighted by Crippen LogP contribution is 2.22. The Morgan fingerprint density at radius 3 is 2.48 bits per heavy atom. The third-order valence-corrected chi connectivity index (χ3v) is 5.18. The van der Waals surface area contributed by atoms with Crippen molar-refractivity contribution in [1.29, 1.82) is 0 Å². The first-order valence-electron chi connectivity index (χ1n) is 9.56. The summed E-state index contributed by atoms with van der Waals surface area (Å²) >= 11 is 0. The van der Waals surface area contributed by atoms with E-state index in [-0.39, 0.29) is 11.5 Å². The van der Waals surface area contributed by atoms with E-state index in [0.717, 1.165) is 30.4 Å². The molecule has 27 heavy (non-hydrogen) atoms. The van der Waals surface area contributed by atoms with Gasteiger partial charge in [-0.25, -0.2) is 4.79 Å². The summed E-state index contributed by atoms with van der Waals surface area (Å²) in [6, 6.07) is 5.61. The van der Waals surface area contributed by atoms with Crippen LogP contribution in [0.1, 0.15) is 58.9 Å². The minimum atomic E-state index is -0.507. The third kappa shape index (κ3) is 4.02. The maximum absolute atomic E-state index is 13.3. The van der Waals surface area contributed by atoms with E-state index in [1.165, 1.54) is 4.57 Å². The number of hydrogen-bond acceptors (Lipinski definition) is 3. The highest BCUT2D eigenvalue weighted by Gasteiger charge is 2.22. The zero-order chi connectivity index (χ0) is 19.6. The summed E-state index contributed by atoms with van der Waals surface area (Å²) in [6.45, 7) is 6.12. The van der Waals surface area contributed by atoms with Crippen molar-refractivity contribution in [3.8, 4) is 0 Å². The van der Waals surface area contributed by atoms with Crippen LogP contribution in [0.5, 0.6) is 0 Å². The molecule has 3 rings (SSSR count). The number of aryl methyl sites for hydroxylation is 2. The molecule has 0 radical (unpaired) electrons. The fraction of sp³-hybridized carbons (Fsp3) is 0.409. The average Bonchev–Trinajstić information content (AvgIpc) is 3.12. The zero-order valence-electron chi connectivity index (χ0n) is 16.2. The normalized spacial score (nSPS) is 16.0. The molecular formula is C22H26N2O3.